The van der Waals surface area contributed by atoms with E-state index in [9.17, 15) is 24.5 Å². The van der Waals surface area contributed by atoms with Gasteiger partial charge < -0.3 is 10.6 Å². The van der Waals surface area contributed by atoms with E-state index >= 15 is 0 Å². The van der Waals surface area contributed by atoms with Gasteiger partial charge in [-0.1, -0.05) is 30.3 Å². The molecule has 0 fully saturated rings. The van der Waals surface area contributed by atoms with Crippen LogP contribution in [0.4, 0.5) is 11.4 Å². The molecule has 0 spiro atoms. The molecule has 3 rings (SSSR count). The lowest BCUT2D eigenvalue weighted by Crippen LogP contribution is -2.44. The summed E-state index contributed by atoms with van der Waals surface area (Å²) in [6, 6.07) is 13.2. The Kier molecular flexibility index (Phi) is 6.18. The summed E-state index contributed by atoms with van der Waals surface area (Å²) in [6.07, 6.45) is 0.133. The van der Waals surface area contributed by atoms with Crippen molar-refractivity contribution in [2.45, 2.75) is 12.8 Å². The van der Waals surface area contributed by atoms with E-state index in [1.54, 1.807) is 42.5 Å². The topological polar surface area (TPSA) is 122 Å². The predicted molar refractivity (Wildman–Crippen MR) is 105 cm³/mol. The monoisotopic (exact) mass is 396 g/mol. The van der Waals surface area contributed by atoms with Gasteiger partial charge in [0.15, 0.2) is 0 Å². The maximum absolute atomic E-state index is 12.5. The van der Waals surface area contributed by atoms with Crippen LogP contribution in [-0.2, 0) is 16.0 Å². The summed E-state index contributed by atoms with van der Waals surface area (Å²) in [5, 5.41) is 16.5. The zero-order valence-electron chi connectivity index (χ0n) is 15.6. The zero-order chi connectivity index (χ0) is 20.8. The van der Waals surface area contributed by atoms with E-state index in [-0.39, 0.29) is 49.3 Å². The Morgan fingerprint density at radius 1 is 1.07 bits per heavy atom. The van der Waals surface area contributed by atoms with Crippen LogP contribution in [0.5, 0.6) is 0 Å². The third-order valence-electron chi connectivity index (χ3n) is 4.56. The molecule has 0 atom stereocenters. The summed E-state index contributed by atoms with van der Waals surface area (Å²) in [5.74, 6) is -1.02. The molecule has 1 aliphatic rings. The number of amides is 3. The van der Waals surface area contributed by atoms with Gasteiger partial charge in [0.25, 0.3) is 11.6 Å². The number of hydrogen-bond donors (Lipinski definition) is 2. The molecule has 0 radical (unpaired) electrons. The highest BCUT2D eigenvalue weighted by atomic mass is 16.6. The van der Waals surface area contributed by atoms with E-state index < -0.39 is 4.92 Å². The highest BCUT2D eigenvalue weighted by Crippen LogP contribution is 2.22. The number of benzene rings is 2. The average Bonchev–Trinajstić information content (AvgIpc) is 2.71. The van der Waals surface area contributed by atoms with Crippen LogP contribution in [0.15, 0.2) is 48.5 Å². The molecule has 3 amide bonds. The summed E-state index contributed by atoms with van der Waals surface area (Å²) in [6.45, 7) is 0.552. The van der Waals surface area contributed by atoms with Gasteiger partial charge in [-0.05, 0) is 17.7 Å². The van der Waals surface area contributed by atoms with E-state index in [2.05, 4.69) is 10.6 Å². The van der Waals surface area contributed by atoms with E-state index in [0.717, 1.165) is 4.90 Å². The van der Waals surface area contributed by atoms with E-state index in [1.165, 1.54) is 6.07 Å². The SMILES string of the molecule is O=C(CCN1C(=O)Cc2ccccc2C1=O)NCCNc1ccccc1[N+](=O)[O-]. The van der Waals surface area contributed by atoms with Gasteiger partial charge in [-0.2, -0.15) is 0 Å². The van der Waals surface area contributed by atoms with Crippen molar-refractivity contribution in [3.05, 3.63) is 69.8 Å². The number of rotatable bonds is 8. The van der Waals surface area contributed by atoms with Crippen LogP contribution in [0.3, 0.4) is 0 Å². The second-order valence-electron chi connectivity index (χ2n) is 6.49. The normalized spacial score (nSPS) is 13.0. The number of fused-ring (bicyclic) bond motifs is 1. The van der Waals surface area contributed by atoms with Crippen LogP contribution < -0.4 is 10.6 Å². The maximum atomic E-state index is 12.5. The number of nitro groups is 1. The highest BCUT2D eigenvalue weighted by molar-refractivity contribution is 6.09. The molecule has 0 unspecified atom stereocenters. The van der Waals surface area contributed by atoms with Crippen LogP contribution in [0, 0.1) is 10.1 Å². The van der Waals surface area contributed by atoms with E-state index in [4.69, 9.17) is 0 Å². The van der Waals surface area contributed by atoms with Gasteiger partial charge in [-0.3, -0.25) is 29.4 Å². The number of hydrogen-bond acceptors (Lipinski definition) is 6. The van der Waals surface area contributed by atoms with Gasteiger partial charge in [0.1, 0.15) is 5.69 Å². The van der Waals surface area contributed by atoms with Crippen LogP contribution in [-0.4, -0.2) is 47.2 Å². The molecule has 0 aromatic heterocycles. The Balaban J connectivity index is 1.44. The fourth-order valence-corrected chi connectivity index (χ4v) is 3.11. The number of carbonyl (C=O) groups is 3. The number of nitrogens with zero attached hydrogens (tertiary/aromatic N) is 2. The number of carbonyl (C=O) groups excluding carboxylic acids is 3. The van der Waals surface area contributed by atoms with Crippen molar-refractivity contribution in [2.24, 2.45) is 0 Å². The van der Waals surface area contributed by atoms with Crippen LogP contribution in [0.2, 0.25) is 0 Å². The fourth-order valence-electron chi connectivity index (χ4n) is 3.11. The summed E-state index contributed by atoms with van der Waals surface area (Å²) in [7, 11) is 0. The molecule has 2 aromatic carbocycles. The van der Waals surface area contributed by atoms with Gasteiger partial charge >= 0.3 is 0 Å². The van der Waals surface area contributed by atoms with Crippen molar-refractivity contribution in [3.63, 3.8) is 0 Å². The lowest BCUT2D eigenvalue weighted by Gasteiger charge is -2.26. The molecule has 0 saturated heterocycles. The third kappa shape index (κ3) is 4.75. The van der Waals surface area contributed by atoms with Crippen molar-refractivity contribution in [1.82, 2.24) is 10.2 Å². The number of imide groups is 1. The fraction of sp³-hybridized carbons (Fsp3) is 0.250. The smallest absolute Gasteiger partial charge is 0.292 e. The minimum Gasteiger partial charge on any atom is -0.378 e. The lowest BCUT2D eigenvalue weighted by molar-refractivity contribution is -0.384. The van der Waals surface area contributed by atoms with Gasteiger partial charge in [0.2, 0.25) is 11.8 Å². The van der Waals surface area contributed by atoms with E-state index in [0.29, 0.717) is 23.4 Å². The Morgan fingerprint density at radius 3 is 2.59 bits per heavy atom. The van der Waals surface area contributed by atoms with Crippen LogP contribution in [0.25, 0.3) is 0 Å². The molecule has 2 N–H and O–H groups in total. The Morgan fingerprint density at radius 2 is 1.79 bits per heavy atom. The molecule has 0 bridgehead atoms. The van der Waals surface area contributed by atoms with Crippen LogP contribution in [0.1, 0.15) is 22.3 Å². The molecule has 1 aliphatic heterocycles. The zero-order valence-corrected chi connectivity index (χ0v) is 15.6. The van der Waals surface area contributed by atoms with Crippen molar-refractivity contribution >= 4 is 29.1 Å². The summed E-state index contributed by atoms with van der Waals surface area (Å²) in [4.78, 5) is 48.3. The second kappa shape index (κ2) is 8.96. The number of nitrogens with one attached hydrogen (secondary N) is 2. The number of nitro benzene ring substituents is 1. The Labute approximate surface area is 166 Å². The highest BCUT2D eigenvalue weighted by Gasteiger charge is 2.30. The quantitative estimate of drug-likeness (QED) is 0.303. The first-order valence-electron chi connectivity index (χ1n) is 9.14. The maximum Gasteiger partial charge on any atom is 0.292 e. The first-order chi connectivity index (χ1) is 14.0. The van der Waals surface area contributed by atoms with Crippen molar-refractivity contribution in [3.8, 4) is 0 Å². The molecule has 1 heterocycles. The molecular weight excluding hydrogens is 376 g/mol. The first kappa shape index (κ1) is 20.0. The van der Waals surface area contributed by atoms with Gasteiger partial charge in [-0.25, -0.2) is 0 Å². The average molecular weight is 396 g/mol. The third-order valence-corrected chi connectivity index (χ3v) is 4.56. The molecule has 2 aromatic rings. The molecule has 9 heteroatoms. The van der Waals surface area contributed by atoms with Gasteiger partial charge in [0.05, 0.1) is 11.3 Å². The van der Waals surface area contributed by atoms with E-state index in [1.807, 2.05) is 0 Å². The molecule has 29 heavy (non-hydrogen) atoms. The van der Waals surface area contributed by atoms with Gasteiger partial charge in [0, 0.05) is 37.7 Å². The second-order valence-corrected chi connectivity index (χ2v) is 6.49. The molecule has 9 nitrogen and oxygen atoms in total. The van der Waals surface area contributed by atoms with Gasteiger partial charge in [-0.15, -0.1) is 0 Å². The number of para-hydroxylation sites is 2. The minimum absolute atomic E-state index is 0.00880. The van der Waals surface area contributed by atoms with Crippen molar-refractivity contribution in [2.75, 3.05) is 25.0 Å². The molecule has 0 aliphatic carbocycles. The van der Waals surface area contributed by atoms with Crippen LogP contribution >= 0.6 is 0 Å². The van der Waals surface area contributed by atoms with Crippen molar-refractivity contribution < 1.29 is 19.3 Å². The lowest BCUT2D eigenvalue weighted by atomic mass is 9.98. The summed E-state index contributed by atoms with van der Waals surface area (Å²) in [5.41, 5.74) is 1.52. The standard InChI is InChI=1S/C20H20N4O5/c25-18(22-11-10-21-16-7-3-4-8-17(16)24(28)29)9-12-23-19(26)13-14-5-1-2-6-15(14)20(23)27/h1-8,21H,9-13H2,(H,22,25). The first-order valence-corrected chi connectivity index (χ1v) is 9.14. The Bertz CT molecular complexity index is 959. The molecular formula is C20H20N4O5. The Hall–Kier alpha value is -3.75. The predicted octanol–water partition coefficient (Wildman–Crippen LogP) is 1.74. The van der Waals surface area contributed by atoms with Crippen molar-refractivity contribution in [1.29, 1.82) is 0 Å². The molecule has 150 valence electrons. The minimum atomic E-state index is -0.480. The summed E-state index contributed by atoms with van der Waals surface area (Å²) < 4.78 is 0. The number of anilines is 1. The largest absolute Gasteiger partial charge is 0.378 e. The summed E-state index contributed by atoms with van der Waals surface area (Å²) >= 11 is 0. The molecule has 0 saturated carbocycles.